The van der Waals surface area contributed by atoms with Gasteiger partial charge in [0, 0.05) is 17.0 Å². The molecule has 0 radical (unpaired) electrons. The second-order valence-electron chi connectivity index (χ2n) is 5.34. The maximum Gasteiger partial charge on any atom is 0.325 e. The molecule has 0 atom stereocenters. The number of fused-ring (bicyclic) bond motifs is 1. The monoisotopic (exact) mass is 425 g/mol. The molecule has 0 spiro atoms. The Morgan fingerprint density at radius 1 is 1.30 bits per heavy atom. The zero-order valence-corrected chi connectivity index (χ0v) is 16.3. The lowest BCUT2D eigenvalue weighted by Crippen LogP contribution is -2.22. The lowest BCUT2D eigenvalue weighted by atomic mass is 10.3. The number of halogens is 1. The van der Waals surface area contributed by atoms with Crippen LogP contribution in [0, 0.1) is 10.1 Å². The van der Waals surface area contributed by atoms with Crippen LogP contribution in [0.3, 0.4) is 0 Å². The van der Waals surface area contributed by atoms with Crippen LogP contribution in [0.4, 0.5) is 5.69 Å². The van der Waals surface area contributed by atoms with Crippen LogP contribution in [0.5, 0.6) is 0 Å². The number of carbonyl (C=O) groups is 2. The number of aromatic nitrogens is 1. The first-order chi connectivity index (χ1) is 12.9. The fourth-order valence-corrected chi connectivity index (χ4v) is 4.51. The fourth-order valence-electron chi connectivity index (χ4n) is 2.35. The molecule has 1 amide bonds. The number of nitrogens with zero attached hydrogens (tertiary/aromatic N) is 3. The normalized spacial score (nSPS) is 11.7. The molecular formula is C16H12ClN3O5S2. The largest absolute Gasteiger partial charge is 0.468 e. The number of hydrogen-bond acceptors (Lipinski definition) is 7. The van der Waals surface area contributed by atoms with E-state index < -0.39 is 16.8 Å². The highest BCUT2D eigenvalue weighted by molar-refractivity contribution is 7.16. The summed E-state index contributed by atoms with van der Waals surface area (Å²) >= 11 is 8.24. The smallest absolute Gasteiger partial charge is 0.325 e. The zero-order valence-electron chi connectivity index (χ0n) is 13.9. The Bertz CT molecular complexity index is 1110. The lowest BCUT2D eigenvalue weighted by molar-refractivity contribution is -0.384. The molecule has 0 saturated carbocycles. The van der Waals surface area contributed by atoms with Crippen molar-refractivity contribution in [1.29, 1.82) is 0 Å². The Balaban J connectivity index is 2.05. The molecule has 0 fully saturated rings. The number of rotatable bonds is 5. The van der Waals surface area contributed by atoms with Gasteiger partial charge in [0.25, 0.3) is 11.6 Å². The van der Waals surface area contributed by atoms with Gasteiger partial charge in [-0.2, -0.15) is 4.99 Å². The minimum atomic E-state index is -0.521. The SMILES string of the molecule is COC(=O)Cn1c(=NC(=O)Cc2ccc(Cl)s2)sc2cc([N+](=O)[O-])ccc21. The van der Waals surface area contributed by atoms with Crippen molar-refractivity contribution in [3.63, 3.8) is 0 Å². The maximum atomic E-state index is 12.3. The summed E-state index contributed by atoms with van der Waals surface area (Å²) in [4.78, 5) is 39.7. The summed E-state index contributed by atoms with van der Waals surface area (Å²) in [6.45, 7) is -0.161. The number of benzene rings is 1. The van der Waals surface area contributed by atoms with Crippen molar-refractivity contribution in [2.24, 2.45) is 4.99 Å². The first-order valence-corrected chi connectivity index (χ1v) is 9.55. The molecule has 0 bridgehead atoms. The molecule has 3 aromatic rings. The number of ether oxygens (including phenoxy) is 1. The molecule has 0 aliphatic carbocycles. The molecule has 0 saturated heterocycles. The van der Waals surface area contributed by atoms with Crippen LogP contribution in [0.1, 0.15) is 4.88 Å². The Kier molecular flexibility index (Phi) is 5.68. The van der Waals surface area contributed by atoms with E-state index in [2.05, 4.69) is 9.73 Å². The Morgan fingerprint density at radius 3 is 2.70 bits per heavy atom. The summed E-state index contributed by atoms with van der Waals surface area (Å²) in [5.74, 6) is -0.930. The van der Waals surface area contributed by atoms with Gasteiger partial charge in [-0.25, -0.2) is 0 Å². The third-order valence-corrected chi connectivity index (χ3v) is 5.84. The predicted molar refractivity (Wildman–Crippen MR) is 102 cm³/mol. The molecule has 3 rings (SSSR count). The van der Waals surface area contributed by atoms with Crippen molar-refractivity contribution in [1.82, 2.24) is 4.57 Å². The molecular weight excluding hydrogens is 414 g/mol. The standard InChI is InChI=1S/C16H12ClN3O5S2/c1-25-15(22)8-19-11-4-2-9(20(23)24)6-12(11)27-16(19)18-14(21)7-10-3-5-13(17)26-10/h2-6H,7-8H2,1H3. The first kappa shape index (κ1) is 19.2. The van der Waals surface area contributed by atoms with Gasteiger partial charge in [0.05, 0.1) is 33.0 Å². The number of esters is 1. The van der Waals surface area contributed by atoms with Crippen molar-refractivity contribution in [3.8, 4) is 0 Å². The number of thiophene rings is 1. The summed E-state index contributed by atoms with van der Waals surface area (Å²) in [6, 6.07) is 7.69. The Morgan fingerprint density at radius 2 is 2.07 bits per heavy atom. The van der Waals surface area contributed by atoms with Crippen LogP contribution in [-0.4, -0.2) is 28.5 Å². The van der Waals surface area contributed by atoms with Crippen LogP contribution in [0.25, 0.3) is 10.2 Å². The van der Waals surface area contributed by atoms with Gasteiger partial charge in [0.1, 0.15) is 6.54 Å². The molecule has 27 heavy (non-hydrogen) atoms. The number of non-ortho nitro benzene ring substituents is 1. The molecule has 0 aliphatic heterocycles. The molecule has 0 unspecified atom stereocenters. The highest BCUT2D eigenvalue weighted by atomic mass is 35.5. The Labute approximate surface area is 165 Å². The number of amides is 1. The molecule has 0 aliphatic rings. The predicted octanol–water partition coefficient (Wildman–Crippen LogP) is 3.17. The van der Waals surface area contributed by atoms with Crippen LogP contribution in [-0.2, 0) is 27.3 Å². The van der Waals surface area contributed by atoms with E-state index in [4.69, 9.17) is 11.6 Å². The third kappa shape index (κ3) is 4.41. The number of hydrogen-bond donors (Lipinski definition) is 0. The van der Waals surface area contributed by atoms with Gasteiger partial charge in [-0.05, 0) is 18.2 Å². The second-order valence-corrected chi connectivity index (χ2v) is 8.15. The van der Waals surface area contributed by atoms with E-state index in [1.807, 2.05) is 0 Å². The van der Waals surface area contributed by atoms with E-state index in [1.165, 1.54) is 41.2 Å². The Hall–Kier alpha value is -2.56. The zero-order chi connectivity index (χ0) is 19.6. The topological polar surface area (TPSA) is 104 Å². The number of nitro benzene ring substituents is 1. The van der Waals surface area contributed by atoms with Gasteiger partial charge >= 0.3 is 5.97 Å². The van der Waals surface area contributed by atoms with E-state index in [1.54, 1.807) is 12.1 Å². The lowest BCUT2D eigenvalue weighted by Gasteiger charge is -2.03. The van der Waals surface area contributed by atoms with Gasteiger partial charge in [-0.1, -0.05) is 22.9 Å². The average Bonchev–Trinajstić information content (AvgIpc) is 3.17. The summed E-state index contributed by atoms with van der Waals surface area (Å²) < 4.78 is 7.32. The second kappa shape index (κ2) is 7.99. The van der Waals surface area contributed by atoms with Crippen molar-refractivity contribution in [2.75, 3.05) is 7.11 Å². The van der Waals surface area contributed by atoms with E-state index in [-0.39, 0.29) is 23.5 Å². The van der Waals surface area contributed by atoms with Crippen molar-refractivity contribution < 1.29 is 19.2 Å². The first-order valence-electron chi connectivity index (χ1n) is 7.53. The molecule has 8 nitrogen and oxygen atoms in total. The van der Waals surface area contributed by atoms with E-state index >= 15 is 0 Å². The minimum absolute atomic E-state index is 0.0734. The number of methoxy groups -OCH3 is 1. The van der Waals surface area contributed by atoms with E-state index in [9.17, 15) is 19.7 Å². The van der Waals surface area contributed by atoms with Gasteiger partial charge in [-0.15, -0.1) is 11.3 Å². The molecule has 2 heterocycles. The van der Waals surface area contributed by atoms with Crippen LogP contribution >= 0.6 is 34.3 Å². The number of carbonyl (C=O) groups excluding carboxylic acids is 2. The summed E-state index contributed by atoms with van der Waals surface area (Å²) in [5.41, 5.74) is 0.474. The van der Waals surface area contributed by atoms with Gasteiger partial charge in [0.15, 0.2) is 4.80 Å². The van der Waals surface area contributed by atoms with E-state index in [0.29, 0.717) is 14.6 Å². The molecule has 2 aromatic heterocycles. The van der Waals surface area contributed by atoms with E-state index in [0.717, 1.165) is 16.2 Å². The third-order valence-electron chi connectivity index (χ3n) is 3.57. The van der Waals surface area contributed by atoms with Gasteiger partial charge in [0.2, 0.25) is 0 Å². The number of thiazole rings is 1. The summed E-state index contributed by atoms with van der Waals surface area (Å²) in [7, 11) is 1.25. The minimum Gasteiger partial charge on any atom is -0.468 e. The van der Waals surface area contributed by atoms with Crippen molar-refractivity contribution >= 4 is 62.1 Å². The highest BCUT2D eigenvalue weighted by Crippen LogP contribution is 2.24. The molecule has 11 heteroatoms. The summed E-state index contributed by atoms with van der Waals surface area (Å²) in [6.07, 6.45) is 0.0734. The number of nitro groups is 1. The van der Waals surface area contributed by atoms with Crippen molar-refractivity contribution in [3.05, 3.63) is 54.5 Å². The fraction of sp³-hybridized carbons (Fsp3) is 0.188. The maximum absolute atomic E-state index is 12.3. The summed E-state index contributed by atoms with van der Waals surface area (Å²) in [5, 5.41) is 11.0. The van der Waals surface area contributed by atoms with Crippen LogP contribution in [0.15, 0.2) is 35.3 Å². The van der Waals surface area contributed by atoms with Crippen LogP contribution < -0.4 is 4.80 Å². The molecule has 140 valence electrons. The highest BCUT2D eigenvalue weighted by Gasteiger charge is 2.15. The van der Waals surface area contributed by atoms with Gasteiger partial charge < -0.3 is 9.30 Å². The molecule has 0 N–H and O–H groups in total. The molecule has 1 aromatic carbocycles. The quantitative estimate of drug-likeness (QED) is 0.354. The average molecular weight is 426 g/mol. The van der Waals surface area contributed by atoms with Crippen molar-refractivity contribution in [2.45, 2.75) is 13.0 Å². The van der Waals surface area contributed by atoms with Crippen LogP contribution in [0.2, 0.25) is 4.34 Å². The van der Waals surface area contributed by atoms with Gasteiger partial charge in [-0.3, -0.25) is 19.7 Å².